The van der Waals surface area contributed by atoms with Gasteiger partial charge in [-0.25, -0.2) is 0 Å². The van der Waals surface area contributed by atoms with Gasteiger partial charge in [-0.15, -0.1) is 0 Å². The Bertz CT molecular complexity index is 184. The second kappa shape index (κ2) is 29.9. The number of rotatable bonds is 1. The van der Waals surface area contributed by atoms with Crippen LogP contribution in [0.15, 0.2) is 30.3 Å². The van der Waals surface area contributed by atoms with E-state index in [4.69, 9.17) is 0 Å². The maximum absolute atomic E-state index is 4.50. The Hall–Kier alpha value is -0.650. The van der Waals surface area contributed by atoms with Crippen LogP contribution in [0.1, 0.15) is 48.0 Å². The van der Waals surface area contributed by atoms with Crippen LogP contribution in [0, 0.1) is 0 Å². The van der Waals surface area contributed by atoms with Gasteiger partial charge in [-0.1, -0.05) is 104 Å². The van der Waals surface area contributed by atoms with E-state index in [1.807, 2.05) is 33.8 Å². The largest absolute Gasteiger partial charge is 0.169 e. The van der Waals surface area contributed by atoms with Crippen molar-refractivity contribution in [3.05, 3.63) is 30.3 Å². The van der Waals surface area contributed by atoms with Crippen LogP contribution in [0.2, 0.25) is 20.5 Å². The molecule has 0 aliphatic carbocycles. The summed E-state index contributed by atoms with van der Waals surface area (Å²) in [6.45, 7) is 18.8. The molecule has 0 spiro atoms. The Kier molecular flexibility index (Phi) is 43.2. The fourth-order valence-electron chi connectivity index (χ4n) is 0.838. The molecule has 1 aromatic rings. The monoisotopic (exact) mass is 248 g/mol. The Labute approximate surface area is 119 Å². The summed E-state index contributed by atoms with van der Waals surface area (Å²) in [4.78, 5) is 0. The third-order valence-corrected chi connectivity index (χ3v) is 1.47. The Morgan fingerprint density at radius 3 is 1.28 bits per heavy atom. The normalized spacial score (nSPS) is 6.50. The second-order valence-corrected chi connectivity index (χ2v) is 3.27. The SMILES string of the molecule is CB(C)c1ccccc1.CC.CC.CCC.[B]C. The van der Waals surface area contributed by atoms with Crippen LogP contribution in [0.25, 0.3) is 0 Å². The van der Waals surface area contributed by atoms with Crippen LogP contribution in [0.3, 0.4) is 0 Å². The predicted octanol–water partition coefficient (Wildman–Crippen LogP) is 5.32. The lowest BCUT2D eigenvalue weighted by Crippen LogP contribution is -2.21. The van der Waals surface area contributed by atoms with Gasteiger partial charge < -0.3 is 0 Å². The average Bonchev–Trinajstić information content (AvgIpc) is 2.47. The van der Waals surface area contributed by atoms with Crippen molar-refractivity contribution in [3.8, 4) is 0 Å². The van der Waals surface area contributed by atoms with Crippen LogP contribution in [-0.4, -0.2) is 14.6 Å². The van der Waals surface area contributed by atoms with Gasteiger partial charge in [-0.05, 0) is 0 Å². The van der Waals surface area contributed by atoms with E-state index >= 15 is 0 Å². The molecule has 18 heavy (non-hydrogen) atoms. The van der Waals surface area contributed by atoms with Crippen LogP contribution in [0.4, 0.5) is 0 Å². The van der Waals surface area contributed by atoms with E-state index in [1.54, 1.807) is 0 Å². The summed E-state index contributed by atoms with van der Waals surface area (Å²) >= 11 is 0. The fourth-order valence-corrected chi connectivity index (χ4v) is 0.838. The van der Waals surface area contributed by atoms with Gasteiger partial charge in [-0.2, -0.15) is 0 Å². The highest BCUT2D eigenvalue weighted by atomic mass is 13.8. The molecule has 0 atom stereocenters. The summed E-state index contributed by atoms with van der Waals surface area (Å²) in [6, 6.07) is 10.5. The van der Waals surface area contributed by atoms with Crippen molar-refractivity contribution in [1.82, 2.24) is 0 Å². The first-order valence-electron chi connectivity index (χ1n) is 7.35. The van der Waals surface area contributed by atoms with Gasteiger partial charge in [0, 0.05) is 0 Å². The smallest absolute Gasteiger partial charge is 0.0999 e. The highest BCUT2D eigenvalue weighted by molar-refractivity contribution is 6.70. The summed E-state index contributed by atoms with van der Waals surface area (Å²) in [5, 5.41) is 0. The van der Waals surface area contributed by atoms with E-state index in [9.17, 15) is 0 Å². The van der Waals surface area contributed by atoms with Crippen molar-refractivity contribution >= 4 is 20.0 Å². The third-order valence-electron chi connectivity index (χ3n) is 1.47. The molecule has 0 unspecified atom stereocenters. The summed E-state index contributed by atoms with van der Waals surface area (Å²) in [5.74, 6) is 0. The molecule has 1 rings (SSSR count). The van der Waals surface area contributed by atoms with Gasteiger partial charge in [0.1, 0.15) is 0 Å². The molecule has 0 aliphatic rings. The number of benzene rings is 1. The van der Waals surface area contributed by atoms with Gasteiger partial charge >= 0.3 is 0 Å². The van der Waals surface area contributed by atoms with Crippen molar-refractivity contribution in [1.29, 1.82) is 0 Å². The topological polar surface area (TPSA) is 0 Å². The van der Waals surface area contributed by atoms with Crippen molar-refractivity contribution < 1.29 is 0 Å². The standard InChI is InChI=1S/C8H11B.C3H8.2C2H6.CH3B/c1-9(2)8-6-4-3-5-7-8;1-3-2;3*1-2/h3-7H,1-2H3;3H2,1-2H3;2*1-2H3;1H3. The van der Waals surface area contributed by atoms with E-state index in [1.165, 1.54) is 18.7 Å². The zero-order valence-electron chi connectivity index (χ0n) is 14.2. The first-order valence-corrected chi connectivity index (χ1v) is 7.35. The van der Waals surface area contributed by atoms with Gasteiger partial charge in [0.25, 0.3) is 0 Å². The lowest BCUT2D eigenvalue weighted by atomic mass is 9.49. The molecule has 0 N–H and O–H groups in total. The van der Waals surface area contributed by atoms with Crippen LogP contribution >= 0.6 is 0 Å². The van der Waals surface area contributed by atoms with Gasteiger partial charge in [0.15, 0.2) is 6.71 Å². The lowest BCUT2D eigenvalue weighted by Gasteiger charge is -1.98. The Balaban J connectivity index is -0.0000000925. The van der Waals surface area contributed by atoms with Gasteiger partial charge in [0.05, 0.1) is 7.85 Å². The van der Waals surface area contributed by atoms with Crippen molar-refractivity contribution in [2.24, 2.45) is 0 Å². The zero-order chi connectivity index (χ0) is 15.4. The maximum Gasteiger partial charge on any atom is 0.169 e. The molecule has 0 fully saturated rings. The Morgan fingerprint density at radius 1 is 0.833 bits per heavy atom. The molecule has 0 nitrogen and oxygen atoms in total. The van der Waals surface area contributed by atoms with Crippen LogP contribution in [-0.2, 0) is 0 Å². The Morgan fingerprint density at radius 2 is 1.11 bits per heavy atom. The molecular formula is C16H34B2. The van der Waals surface area contributed by atoms with Crippen LogP contribution < -0.4 is 5.46 Å². The van der Waals surface area contributed by atoms with Gasteiger partial charge in [0.2, 0.25) is 0 Å². The maximum atomic E-state index is 4.50. The number of hydrogen-bond acceptors (Lipinski definition) is 0. The van der Waals surface area contributed by atoms with Crippen molar-refractivity contribution in [2.75, 3.05) is 0 Å². The lowest BCUT2D eigenvalue weighted by molar-refractivity contribution is 1.09. The molecule has 0 aliphatic heterocycles. The minimum Gasteiger partial charge on any atom is -0.0999 e. The summed E-state index contributed by atoms with van der Waals surface area (Å²) in [7, 11) is 4.50. The van der Waals surface area contributed by atoms with Crippen molar-refractivity contribution in [2.45, 2.75) is 68.4 Å². The second-order valence-electron chi connectivity index (χ2n) is 3.27. The molecule has 0 saturated heterocycles. The van der Waals surface area contributed by atoms with E-state index in [2.05, 4.69) is 59.6 Å². The van der Waals surface area contributed by atoms with E-state index in [0.29, 0.717) is 6.71 Å². The summed E-state index contributed by atoms with van der Waals surface area (Å²) in [6.07, 6.45) is 1.25. The first kappa shape index (κ1) is 26.0. The predicted molar refractivity (Wildman–Crippen MR) is 93.8 cm³/mol. The molecule has 0 aromatic heterocycles. The zero-order valence-corrected chi connectivity index (χ0v) is 14.2. The van der Waals surface area contributed by atoms with Crippen LogP contribution in [0.5, 0.6) is 0 Å². The average molecular weight is 248 g/mol. The highest BCUT2D eigenvalue weighted by Gasteiger charge is 1.98. The molecule has 0 amide bonds. The minimum absolute atomic E-state index is 0.659. The molecule has 1 aromatic carbocycles. The molecular weight excluding hydrogens is 214 g/mol. The third kappa shape index (κ3) is 24.5. The van der Waals surface area contributed by atoms with E-state index in [0.717, 1.165) is 0 Å². The molecule has 0 saturated carbocycles. The highest BCUT2D eigenvalue weighted by Crippen LogP contribution is 1.85. The summed E-state index contributed by atoms with van der Waals surface area (Å²) in [5.41, 5.74) is 1.41. The van der Waals surface area contributed by atoms with E-state index < -0.39 is 0 Å². The van der Waals surface area contributed by atoms with E-state index in [-0.39, 0.29) is 0 Å². The molecule has 104 valence electrons. The number of hydrogen-bond donors (Lipinski definition) is 0. The minimum atomic E-state index is 0.659. The fraction of sp³-hybridized carbons (Fsp3) is 0.625. The molecule has 2 heteroatoms. The molecule has 0 bridgehead atoms. The summed E-state index contributed by atoms with van der Waals surface area (Å²) < 4.78 is 0. The first-order chi connectivity index (χ1) is 8.72. The molecule has 2 radical (unpaired) electrons. The molecule has 0 heterocycles. The quantitative estimate of drug-likeness (QED) is 0.590. The van der Waals surface area contributed by atoms with Gasteiger partial charge in [-0.3, -0.25) is 0 Å². The van der Waals surface area contributed by atoms with Crippen molar-refractivity contribution in [3.63, 3.8) is 0 Å².